The summed E-state index contributed by atoms with van der Waals surface area (Å²) in [5.74, 6) is 0.513. The third-order valence-corrected chi connectivity index (χ3v) is 7.85. The zero-order valence-electron chi connectivity index (χ0n) is 25.2. The smallest absolute Gasteiger partial charge is 0.0199 e. The molecular weight excluding hydrogens is 516 g/mol. The van der Waals surface area contributed by atoms with Gasteiger partial charge in [-0.2, -0.15) is 0 Å². The maximum absolute atomic E-state index is 2.29. The SMILES string of the molecule is C.Cc1cc(C)cc(-c2ccccc2)c1.Cc1ccc(C(c2ccccc2)C(c2ccccc2)c2ccc(C)cc2)cc1. The first-order chi connectivity index (χ1) is 20.5. The lowest BCUT2D eigenvalue weighted by molar-refractivity contribution is 0.693. The zero-order chi connectivity index (χ0) is 29.3. The highest BCUT2D eigenvalue weighted by Gasteiger charge is 2.28. The lowest BCUT2D eigenvalue weighted by Gasteiger charge is -2.29. The summed E-state index contributed by atoms with van der Waals surface area (Å²) < 4.78 is 0. The molecule has 0 saturated carbocycles. The lowest BCUT2D eigenvalue weighted by atomic mass is 9.73. The van der Waals surface area contributed by atoms with E-state index in [2.05, 4.69) is 179 Å². The molecule has 0 aliphatic carbocycles. The van der Waals surface area contributed by atoms with Gasteiger partial charge in [0.05, 0.1) is 0 Å². The second-order valence-electron chi connectivity index (χ2n) is 11.3. The first-order valence-electron chi connectivity index (χ1n) is 14.8. The van der Waals surface area contributed by atoms with Crippen LogP contribution < -0.4 is 0 Å². The maximum Gasteiger partial charge on any atom is 0.0199 e. The first-order valence-corrected chi connectivity index (χ1v) is 14.8. The van der Waals surface area contributed by atoms with Crippen molar-refractivity contribution in [3.63, 3.8) is 0 Å². The molecule has 0 saturated heterocycles. The van der Waals surface area contributed by atoms with Crippen molar-refractivity contribution in [3.05, 3.63) is 202 Å². The van der Waals surface area contributed by atoms with E-state index in [4.69, 9.17) is 0 Å². The predicted octanol–water partition coefficient (Wildman–Crippen LogP) is 11.9. The van der Waals surface area contributed by atoms with Gasteiger partial charge in [-0.05, 0) is 61.1 Å². The van der Waals surface area contributed by atoms with Crippen molar-refractivity contribution in [3.8, 4) is 11.1 Å². The van der Waals surface area contributed by atoms with Gasteiger partial charge in [-0.3, -0.25) is 0 Å². The second kappa shape index (κ2) is 15.0. The fourth-order valence-electron chi connectivity index (χ4n) is 5.79. The molecule has 0 nitrogen and oxygen atoms in total. The summed E-state index contributed by atoms with van der Waals surface area (Å²) in [6, 6.07) is 57.0. The highest BCUT2D eigenvalue weighted by molar-refractivity contribution is 5.64. The third-order valence-electron chi connectivity index (χ3n) is 7.85. The highest BCUT2D eigenvalue weighted by atomic mass is 14.3. The lowest BCUT2D eigenvalue weighted by Crippen LogP contribution is -2.14. The van der Waals surface area contributed by atoms with E-state index < -0.39 is 0 Å². The molecule has 0 bridgehead atoms. The Kier molecular flexibility index (Phi) is 10.9. The molecule has 0 aliphatic heterocycles. The molecule has 0 radical (unpaired) electrons. The molecule has 6 aromatic rings. The number of rotatable bonds is 6. The predicted molar refractivity (Wildman–Crippen MR) is 187 cm³/mol. The van der Waals surface area contributed by atoms with Crippen LogP contribution in [0.15, 0.2) is 158 Å². The number of aryl methyl sites for hydroxylation is 4. The molecule has 2 unspecified atom stereocenters. The van der Waals surface area contributed by atoms with Gasteiger partial charge in [0.2, 0.25) is 0 Å². The van der Waals surface area contributed by atoms with Crippen LogP contribution in [0, 0.1) is 27.7 Å². The Morgan fingerprint density at radius 2 is 0.628 bits per heavy atom. The third kappa shape index (κ3) is 8.21. The van der Waals surface area contributed by atoms with Gasteiger partial charge in [-0.25, -0.2) is 0 Å². The van der Waals surface area contributed by atoms with Gasteiger partial charge < -0.3 is 0 Å². The standard InChI is InChI=1S/C28H26.C14H14.CH4/c1-21-13-17-25(18-14-21)27(23-9-5-3-6-10-23)28(24-11-7-4-8-12-24)26-19-15-22(2)16-20-26;1-11-8-12(2)10-14(9-11)13-6-4-3-5-7-13;/h3-20,27-28H,1-2H3;3-10H,1-2H3;1H4. The molecule has 43 heavy (non-hydrogen) atoms. The van der Waals surface area contributed by atoms with Crippen molar-refractivity contribution in [1.29, 1.82) is 0 Å². The second-order valence-corrected chi connectivity index (χ2v) is 11.3. The summed E-state index contributed by atoms with van der Waals surface area (Å²) in [6.45, 7) is 8.57. The molecule has 0 amide bonds. The van der Waals surface area contributed by atoms with Crippen LogP contribution in [0.5, 0.6) is 0 Å². The Morgan fingerprint density at radius 3 is 1.00 bits per heavy atom. The molecule has 0 spiro atoms. The van der Waals surface area contributed by atoms with Gasteiger partial charge in [0, 0.05) is 11.8 Å². The van der Waals surface area contributed by atoms with E-state index in [1.54, 1.807) is 0 Å². The van der Waals surface area contributed by atoms with Crippen LogP contribution in [0.3, 0.4) is 0 Å². The summed E-state index contributed by atoms with van der Waals surface area (Å²) in [7, 11) is 0. The fourth-order valence-corrected chi connectivity index (χ4v) is 5.79. The highest BCUT2D eigenvalue weighted by Crippen LogP contribution is 2.43. The van der Waals surface area contributed by atoms with Crippen molar-refractivity contribution in [2.24, 2.45) is 0 Å². The molecular formula is C43H44. The van der Waals surface area contributed by atoms with E-state index in [-0.39, 0.29) is 19.3 Å². The Balaban J connectivity index is 0.000000238. The number of hydrogen-bond acceptors (Lipinski definition) is 0. The largest absolute Gasteiger partial charge is 0.0776 e. The Labute approximate surface area is 259 Å². The van der Waals surface area contributed by atoms with Gasteiger partial charge in [-0.1, -0.05) is 187 Å². The molecule has 2 atom stereocenters. The molecule has 0 aliphatic rings. The molecule has 0 heterocycles. The van der Waals surface area contributed by atoms with Gasteiger partial charge in [-0.15, -0.1) is 0 Å². The van der Waals surface area contributed by atoms with Gasteiger partial charge in [0.15, 0.2) is 0 Å². The quantitative estimate of drug-likeness (QED) is 0.190. The molecule has 0 aromatic heterocycles. The topological polar surface area (TPSA) is 0 Å². The van der Waals surface area contributed by atoms with E-state index in [0.29, 0.717) is 0 Å². The summed E-state index contributed by atoms with van der Waals surface area (Å²) in [6.07, 6.45) is 0. The van der Waals surface area contributed by atoms with Gasteiger partial charge >= 0.3 is 0 Å². The molecule has 6 rings (SSSR count). The molecule has 0 fully saturated rings. The van der Waals surface area contributed by atoms with Crippen molar-refractivity contribution in [2.45, 2.75) is 47.0 Å². The normalized spacial score (nSPS) is 11.8. The first kappa shape index (κ1) is 31.3. The monoisotopic (exact) mass is 560 g/mol. The van der Waals surface area contributed by atoms with E-state index in [0.717, 1.165) is 0 Å². The van der Waals surface area contributed by atoms with Crippen molar-refractivity contribution in [2.75, 3.05) is 0 Å². The van der Waals surface area contributed by atoms with Crippen LogP contribution in [0.1, 0.15) is 63.8 Å². The van der Waals surface area contributed by atoms with Crippen molar-refractivity contribution >= 4 is 0 Å². The minimum atomic E-state index is 0. The van der Waals surface area contributed by atoms with Crippen LogP contribution in [0.25, 0.3) is 11.1 Å². The zero-order valence-corrected chi connectivity index (χ0v) is 25.2. The Hall–Kier alpha value is -4.68. The molecule has 0 N–H and O–H groups in total. The number of hydrogen-bond donors (Lipinski definition) is 0. The van der Waals surface area contributed by atoms with Crippen molar-refractivity contribution in [1.82, 2.24) is 0 Å². The summed E-state index contributed by atoms with van der Waals surface area (Å²) in [4.78, 5) is 0. The summed E-state index contributed by atoms with van der Waals surface area (Å²) in [5, 5.41) is 0. The van der Waals surface area contributed by atoms with Crippen LogP contribution in [-0.2, 0) is 0 Å². The molecule has 0 heteroatoms. The van der Waals surface area contributed by atoms with Gasteiger partial charge in [0.25, 0.3) is 0 Å². The van der Waals surface area contributed by atoms with E-state index >= 15 is 0 Å². The van der Waals surface area contributed by atoms with E-state index in [1.165, 1.54) is 55.6 Å². The average molecular weight is 561 g/mol. The summed E-state index contributed by atoms with van der Waals surface area (Å²) in [5.41, 5.74) is 13.2. The minimum Gasteiger partial charge on any atom is -0.0776 e. The van der Waals surface area contributed by atoms with E-state index in [9.17, 15) is 0 Å². The number of benzene rings is 6. The van der Waals surface area contributed by atoms with E-state index in [1.807, 2.05) is 6.07 Å². The van der Waals surface area contributed by atoms with Crippen LogP contribution >= 0.6 is 0 Å². The molecule has 6 aromatic carbocycles. The maximum atomic E-state index is 2.29. The summed E-state index contributed by atoms with van der Waals surface area (Å²) >= 11 is 0. The minimum absolute atomic E-state index is 0. The van der Waals surface area contributed by atoms with Crippen LogP contribution in [0.4, 0.5) is 0 Å². The fraction of sp³-hybridized carbons (Fsp3) is 0.163. The average Bonchev–Trinajstić information content (AvgIpc) is 3.02. The van der Waals surface area contributed by atoms with Crippen molar-refractivity contribution < 1.29 is 0 Å². The molecule has 216 valence electrons. The van der Waals surface area contributed by atoms with Crippen LogP contribution in [-0.4, -0.2) is 0 Å². The van der Waals surface area contributed by atoms with Gasteiger partial charge in [0.1, 0.15) is 0 Å². The van der Waals surface area contributed by atoms with Crippen LogP contribution in [0.2, 0.25) is 0 Å². The Morgan fingerprint density at radius 1 is 0.302 bits per heavy atom. The Bertz CT molecular complexity index is 1560.